The summed E-state index contributed by atoms with van der Waals surface area (Å²) in [6, 6.07) is 11.7. The van der Waals surface area contributed by atoms with Gasteiger partial charge >= 0.3 is 5.97 Å². The zero-order valence-electron chi connectivity index (χ0n) is 12.4. The normalized spacial score (nSPS) is 13.9. The first-order valence-electron chi connectivity index (χ1n) is 7.18. The Balaban J connectivity index is 2.49. The molecule has 4 heteroatoms. The highest BCUT2D eigenvalue weighted by Crippen LogP contribution is 2.30. The maximum Gasteiger partial charge on any atom is 0.344 e. The maximum absolute atomic E-state index is 11.2. The lowest BCUT2D eigenvalue weighted by atomic mass is 9.98. The molecule has 112 valence electrons. The van der Waals surface area contributed by atoms with Crippen LogP contribution in [0.2, 0.25) is 0 Å². The summed E-state index contributed by atoms with van der Waals surface area (Å²) < 4.78 is 5.71. The number of carbonyl (C=O) groups is 1. The Morgan fingerprint density at radius 1 is 1.29 bits per heavy atom. The molecular weight excluding hydrogens is 266 g/mol. The van der Waals surface area contributed by atoms with E-state index in [0.717, 1.165) is 16.3 Å². The Hall–Kier alpha value is -2.07. The quantitative estimate of drug-likeness (QED) is 0.856. The molecule has 2 rings (SSSR count). The topological polar surface area (TPSA) is 72.5 Å². The van der Waals surface area contributed by atoms with E-state index in [1.807, 2.05) is 43.3 Å². The molecule has 2 aromatic carbocycles. The molecule has 0 spiro atoms. The minimum atomic E-state index is -0.947. The van der Waals surface area contributed by atoms with Crippen LogP contribution in [0.25, 0.3) is 10.8 Å². The summed E-state index contributed by atoms with van der Waals surface area (Å²) in [6.45, 7) is 3.73. The molecule has 0 aromatic heterocycles. The summed E-state index contributed by atoms with van der Waals surface area (Å²) >= 11 is 0. The number of benzene rings is 2. The molecule has 0 aliphatic carbocycles. The van der Waals surface area contributed by atoms with Gasteiger partial charge in [-0.25, -0.2) is 4.79 Å². The largest absolute Gasteiger partial charge is 0.479 e. The molecule has 0 aliphatic rings. The first-order valence-corrected chi connectivity index (χ1v) is 7.18. The van der Waals surface area contributed by atoms with Crippen molar-refractivity contribution in [2.75, 3.05) is 0 Å². The second-order valence-electron chi connectivity index (χ2n) is 5.30. The molecule has 0 saturated carbocycles. The third-order valence-electron chi connectivity index (χ3n) is 3.44. The minimum Gasteiger partial charge on any atom is -0.479 e. The van der Waals surface area contributed by atoms with E-state index in [1.54, 1.807) is 6.92 Å². The van der Waals surface area contributed by atoms with Gasteiger partial charge in [0.05, 0.1) is 0 Å². The molecule has 0 aliphatic heterocycles. The average molecular weight is 287 g/mol. The highest BCUT2D eigenvalue weighted by Gasteiger charge is 2.19. The first-order chi connectivity index (χ1) is 10.0. The molecule has 2 aromatic rings. The SMILES string of the molecule is CCC(Oc1ccc2ccccc2c1CC(C)N)C(=O)O. The number of fused-ring (bicyclic) bond motifs is 1. The van der Waals surface area contributed by atoms with E-state index in [1.165, 1.54) is 0 Å². The van der Waals surface area contributed by atoms with Crippen LogP contribution in [0.1, 0.15) is 25.8 Å². The molecular formula is C17H21NO3. The second kappa shape index (κ2) is 6.59. The van der Waals surface area contributed by atoms with Gasteiger partial charge in [-0.3, -0.25) is 0 Å². The number of carboxylic acids is 1. The van der Waals surface area contributed by atoms with Gasteiger partial charge in [-0.1, -0.05) is 37.3 Å². The van der Waals surface area contributed by atoms with Crippen molar-refractivity contribution in [3.8, 4) is 5.75 Å². The van der Waals surface area contributed by atoms with Gasteiger partial charge in [0.25, 0.3) is 0 Å². The van der Waals surface area contributed by atoms with E-state index in [4.69, 9.17) is 10.5 Å². The Morgan fingerprint density at radius 3 is 2.62 bits per heavy atom. The third kappa shape index (κ3) is 3.52. The van der Waals surface area contributed by atoms with Gasteiger partial charge < -0.3 is 15.6 Å². The highest BCUT2D eigenvalue weighted by molar-refractivity contribution is 5.88. The molecule has 2 unspecified atom stereocenters. The van der Waals surface area contributed by atoms with Crippen LogP contribution in [-0.4, -0.2) is 23.2 Å². The van der Waals surface area contributed by atoms with Crippen LogP contribution < -0.4 is 10.5 Å². The predicted octanol–water partition coefficient (Wildman–Crippen LogP) is 2.97. The molecule has 4 nitrogen and oxygen atoms in total. The van der Waals surface area contributed by atoms with Gasteiger partial charge in [0.15, 0.2) is 6.10 Å². The second-order valence-corrected chi connectivity index (χ2v) is 5.30. The van der Waals surface area contributed by atoms with Crippen LogP contribution in [0.4, 0.5) is 0 Å². The number of ether oxygens (including phenoxy) is 1. The minimum absolute atomic E-state index is 0.0249. The lowest BCUT2D eigenvalue weighted by Crippen LogP contribution is -2.27. The Labute approximate surface area is 124 Å². The van der Waals surface area contributed by atoms with Crippen molar-refractivity contribution in [2.24, 2.45) is 5.73 Å². The number of hydrogen-bond donors (Lipinski definition) is 2. The third-order valence-corrected chi connectivity index (χ3v) is 3.44. The van der Waals surface area contributed by atoms with Crippen molar-refractivity contribution in [1.82, 2.24) is 0 Å². The van der Waals surface area contributed by atoms with Crippen LogP contribution in [0.3, 0.4) is 0 Å². The zero-order chi connectivity index (χ0) is 15.4. The Morgan fingerprint density at radius 2 is 2.00 bits per heavy atom. The van der Waals surface area contributed by atoms with Crippen molar-refractivity contribution < 1.29 is 14.6 Å². The van der Waals surface area contributed by atoms with E-state index >= 15 is 0 Å². The highest BCUT2D eigenvalue weighted by atomic mass is 16.5. The van der Waals surface area contributed by atoms with Crippen LogP contribution in [0.5, 0.6) is 5.75 Å². The summed E-state index contributed by atoms with van der Waals surface area (Å²) in [7, 11) is 0. The summed E-state index contributed by atoms with van der Waals surface area (Å²) in [5, 5.41) is 11.3. The predicted molar refractivity (Wildman–Crippen MR) is 83.6 cm³/mol. The van der Waals surface area contributed by atoms with Gasteiger partial charge in [0.2, 0.25) is 0 Å². The Kier molecular flexibility index (Phi) is 4.81. The van der Waals surface area contributed by atoms with Crippen molar-refractivity contribution >= 4 is 16.7 Å². The van der Waals surface area contributed by atoms with Crippen molar-refractivity contribution in [2.45, 2.75) is 38.8 Å². The van der Waals surface area contributed by atoms with Crippen molar-refractivity contribution in [1.29, 1.82) is 0 Å². The summed E-state index contributed by atoms with van der Waals surface area (Å²) in [5.41, 5.74) is 6.91. The monoisotopic (exact) mass is 287 g/mol. The fraction of sp³-hybridized carbons (Fsp3) is 0.353. The van der Waals surface area contributed by atoms with Crippen molar-refractivity contribution in [3.63, 3.8) is 0 Å². The van der Waals surface area contributed by atoms with Gasteiger partial charge in [0, 0.05) is 11.6 Å². The molecule has 21 heavy (non-hydrogen) atoms. The van der Waals surface area contributed by atoms with Gasteiger partial charge in [-0.2, -0.15) is 0 Å². The smallest absolute Gasteiger partial charge is 0.344 e. The number of nitrogens with two attached hydrogens (primary N) is 1. The maximum atomic E-state index is 11.2. The summed E-state index contributed by atoms with van der Waals surface area (Å²) in [6.07, 6.45) is 0.227. The van der Waals surface area contributed by atoms with Crippen molar-refractivity contribution in [3.05, 3.63) is 42.0 Å². The van der Waals surface area contributed by atoms with Crippen LogP contribution in [0.15, 0.2) is 36.4 Å². The standard InChI is InChI=1S/C17H21NO3/c1-3-15(17(19)20)21-16-9-8-12-6-4-5-7-13(12)14(16)10-11(2)18/h4-9,11,15H,3,10,18H2,1-2H3,(H,19,20). The summed E-state index contributed by atoms with van der Waals surface area (Å²) in [5.74, 6) is -0.336. The van der Waals surface area contributed by atoms with E-state index < -0.39 is 12.1 Å². The van der Waals surface area contributed by atoms with E-state index in [9.17, 15) is 9.90 Å². The van der Waals surface area contributed by atoms with Crippen LogP contribution in [0, 0.1) is 0 Å². The average Bonchev–Trinajstić information content (AvgIpc) is 2.45. The van der Waals surface area contributed by atoms with Crippen LogP contribution in [-0.2, 0) is 11.2 Å². The lowest BCUT2D eigenvalue weighted by molar-refractivity contribution is -0.145. The number of aliphatic carboxylic acids is 1. The van der Waals surface area contributed by atoms with Crippen LogP contribution >= 0.6 is 0 Å². The molecule has 0 saturated heterocycles. The van der Waals surface area contributed by atoms with E-state index in [2.05, 4.69) is 0 Å². The van der Waals surface area contributed by atoms with Gasteiger partial charge in [-0.05, 0) is 36.6 Å². The van der Waals surface area contributed by atoms with Gasteiger partial charge in [-0.15, -0.1) is 0 Å². The van der Waals surface area contributed by atoms with E-state index in [0.29, 0.717) is 18.6 Å². The molecule has 0 amide bonds. The van der Waals surface area contributed by atoms with Gasteiger partial charge in [0.1, 0.15) is 5.75 Å². The molecule has 0 radical (unpaired) electrons. The lowest BCUT2D eigenvalue weighted by Gasteiger charge is -2.19. The molecule has 2 atom stereocenters. The molecule has 0 bridgehead atoms. The molecule has 0 heterocycles. The number of rotatable bonds is 6. The summed E-state index contributed by atoms with van der Waals surface area (Å²) in [4.78, 5) is 11.2. The molecule has 0 fully saturated rings. The first kappa shape index (κ1) is 15.3. The molecule has 3 N–H and O–H groups in total. The number of carboxylic acid groups (broad SMARTS) is 1. The van der Waals surface area contributed by atoms with E-state index in [-0.39, 0.29) is 6.04 Å². The number of hydrogen-bond acceptors (Lipinski definition) is 3. The fourth-order valence-electron chi connectivity index (χ4n) is 2.42. The fourth-order valence-corrected chi connectivity index (χ4v) is 2.42. The Bertz CT molecular complexity index is 637. The zero-order valence-corrected chi connectivity index (χ0v) is 12.4.